The number of carbonyl (C=O) groups excluding carboxylic acids is 1. The number of hydrogen-bond acceptors (Lipinski definition) is 2. The molecule has 0 aromatic carbocycles. The highest BCUT2D eigenvalue weighted by molar-refractivity contribution is 5.69. The molecular formula is C14H25NO2. The molecule has 0 radical (unpaired) electrons. The number of amides is 1. The van der Waals surface area contributed by atoms with E-state index >= 15 is 0 Å². The van der Waals surface area contributed by atoms with Gasteiger partial charge in [0.1, 0.15) is 0 Å². The lowest BCUT2D eigenvalue weighted by Gasteiger charge is -2.13. The average molecular weight is 239 g/mol. The van der Waals surface area contributed by atoms with E-state index in [0.717, 1.165) is 12.8 Å². The second-order valence-electron chi connectivity index (χ2n) is 3.62. The Morgan fingerprint density at radius 2 is 2.00 bits per heavy atom. The monoisotopic (exact) mass is 239 g/mol. The van der Waals surface area contributed by atoms with Crippen LogP contribution in [0.25, 0.3) is 0 Å². The Kier molecular flexibility index (Phi) is 8.20. The Balaban J connectivity index is 0.00000121. The number of rotatable bonds is 3. The van der Waals surface area contributed by atoms with Crippen LogP contribution in [0.2, 0.25) is 0 Å². The largest absolute Gasteiger partial charge is 0.453 e. The van der Waals surface area contributed by atoms with Gasteiger partial charge in [-0.1, -0.05) is 39.8 Å². The van der Waals surface area contributed by atoms with E-state index in [0.29, 0.717) is 13.1 Å². The molecule has 1 amide bonds. The Hall–Kier alpha value is -1.25. The van der Waals surface area contributed by atoms with E-state index in [1.54, 1.807) is 4.90 Å². The Labute approximate surface area is 105 Å². The summed E-state index contributed by atoms with van der Waals surface area (Å²) in [5.74, 6) is 0. The maximum atomic E-state index is 11.3. The molecule has 0 bridgehead atoms. The summed E-state index contributed by atoms with van der Waals surface area (Å²) in [6, 6.07) is 0. The molecule has 0 fully saturated rings. The Bertz CT molecular complexity index is 293. The van der Waals surface area contributed by atoms with Gasteiger partial charge in [0.05, 0.1) is 7.11 Å². The molecule has 0 aromatic rings. The van der Waals surface area contributed by atoms with Crippen molar-refractivity contribution in [1.29, 1.82) is 0 Å². The van der Waals surface area contributed by atoms with Crippen LogP contribution in [-0.4, -0.2) is 31.2 Å². The molecule has 0 aliphatic carbocycles. The fraction of sp³-hybridized carbons (Fsp3) is 0.643. The van der Waals surface area contributed by atoms with Crippen molar-refractivity contribution in [2.24, 2.45) is 0 Å². The van der Waals surface area contributed by atoms with Gasteiger partial charge in [-0.15, -0.1) is 0 Å². The molecule has 0 N–H and O–H groups in total. The molecule has 17 heavy (non-hydrogen) atoms. The minimum Gasteiger partial charge on any atom is -0.453 e. The third-order valence-electron chi connectivity index (χ3n) is 2.61. The van der Waals surface area contributed by atoms with Crippen LogP contribution in [0.15, 0.2) is 23.3 Å². The topological polar surface area (TPSA) is 29.5 Å². The molecule has 0 aromatic heterocycles. The highest BCUT2D eigenvalue weighted by Gasteiger charge is 2.23. The number of hydrogen-bond donors (Lipinski definition) is 0. The second kappa shape index (κ2) is 8.85. The van der Waals surface area contributed by atoms with Gasteiger partial charge in [0.2, 0.25) is 0 Å². The third kappa shape index (κ3) is 4.63. The van der Waals surface area contributed by atoms with Crippen molar-refractivity contribution < 1.29 is 9.53 Å². The van der Waals surface area contributed by atoms with Gasteiger partial charge in [-0.3, -0.25) is 4.90 Å². The van der Waals surface area contributed by atoms with Crippen LogP contribution in [0.5, 0.6) is 0 Å². The lowest BCUT2D eigenvalue weighted by molar-refractivity contribution is 0.134. The van der Waals surface area contributed by atoms with Gasteiger partial charge in [0, 0.05) is 13.1 Å². The summed E-state index contributed by atoms with van der Waals surface area (Å²) in [7, 11) is 1.42. The molecule has 1 aliphatic heterocycles. The molecular weight excluding hydrogens is 214 g/mol. The van der Waals surface area contributed by atoms with Gasteiger partial charge >= 0.3 is 6.09 Å². The quantitative estimate of drug-likeness (QED) is 0.750. The minimum atomic E-state index is -0.235. The lowest BCUT2D eigenvalue weighted by atomic mass is 10.1. The van der Waals surface area contributed by atoms with Crippen molar-refractivity contribution in [3.63, 3.8) is 0 Å². The number of carbonyl (C=O) groups is 1. The standard InChI is InChI=1S/C12H19NO2.C2H6/c1-4-6-7-11-9-13(12(14)15-3)8-10(11)5-2;1-2/h6-7H,4-5,8-9H2,1-3H3;1-2H3/b7-6-;. The summed E-state index contributed by atoms with van der Waals surface area (Å²) in [6.07, 6.45) is 6.05. The van der Waals surface area contributed by atoms with Crippen molar-refractivity contribution in [3.05, 3.63) is 23.3 Å². The van der Waals surface area contributed by atoms with E-state index in [4.69, 9.17) is 4.74 Å². The van der Waals surface area contributed by atoms with E-state index in [1.165, 1.54) is 18.3 Å². The normalized spacial score (nSPS) is 15.0. The Morgan fingerprint density at radius 3 is 2.47 bits per heavy atom. The van der Waals surface area contributed by atoms with Gasteiger partial charge < -0.3 is 4.74 Å². The molecule has 0 saturated carbocycles. The third-order valence-corrected chi connectivity index (χ3v) is 2.61. The van der Waals surface area contributed by atoms with Crippen molar-refractivity contribution in [2.45, 2.75) is 40.5 Å². The molecule has 98 valence electrons. The van der Waals surface area contributed by atoms with E-state index in [1.807, 2.05) is 13.8 Å². The average Bonchev–Trinajstić information content (AvgIpc) is 2.80. The number of nitrogens with zero attached hydrogens (tertiary/aromatic N) is 1. The van der Waals surface area contributed by atoms with Gasteiger partial charge in [0.15, 0.2) is 0 Å². The molecule has 0 atom stereocenters. The summed E-state index contributed by atoms with van der Waals surface area (Å²) >= 11 is 0. The minimum absolute atomic E-state index is 0.235. The molecule has 0 spiro atoms. The molecule has 1 heterocycles. The fourth-order valence-corrected chi connectivity index (χ4v) is 1.73. The first-order valence-corrected chi connectivity index (χ1v) is 6.43. The van der Waals surface area contributed by atoms with Crippen LogP contribution in [0.4, 0.5) is 4.79 Å². The number of methoxy groups -OCH3 is 1. The van der Waals surface area contributed by atoms with E-state index in [2.05, 4.69) is 26.0 Å². The number of allylic oxidation sites excluding steroid dienone is 1. The van der Waals surface area contributed by atoms with Gasteiger partial charge in [-0.2, -0.15) is 0 Å². The molecule has 1 rings (SSSR count). The second-order valence-corrected chi connectivity index (χ2v) is 3.62. The van der Waals surface area contributed by atoms with Gasteiger partial charge in [-0.05, 0) is 24.0 Å². The highest BCUT2D eigenvalue weighted by atomic mass is 16.5. The zero-order valence-electron chi connectivity index (χ0n) is 11.7. The first-order valence-electron chi connectivity index (χ1n) is 6.43. The zero-order valence-corrected chi connectivity index (χ0v) is 11.7. The van der Waals surface area contributed by atoms with Gasteiger partial charge in [0.25, 0.3) is 0 Å². The van der Waals surface area contributed by atoms with Crippen LogP contribution in [0.3, 0.4) is 0 Å². The van der Waals surface area contributed by atoms with Crippen LogP contribution in [0, 0.1) is 0 Å². The van der Waals surface area contributed by atoms with Crippen LogP contribution >= 0.6 is 0 Å². The lowest BCUT2D eigenvalue weighted by Crippen LogP contribution is -2.29. The zero-order chi connectivity index (χ0) is 13.3. The molecule has 3 heteroatoms. The summed E-state index contributed by atoms with van der Waals surface area (Å²) < 4.78 is 4.72. The predicted molar refractivity (Wildman–Crippen MR) is 72.1 cm³/mol. The van der Waals surface area contributed by atoms with Crippen LogP contribution in [0.1, 0.15) is 40.5 Å². The number of ether oxygens (including phenoxy) is 1. The van der Waals surface area contributed by atoms with Crippen molar-refractivity contribution in [2.75, 3.05) is 20.2 Å². The molecule has 3 nitrogen and oxygen atoms in total. The molecule has 1 aliphatic rings. The molecule has 0 unspecified atom stereocenters. The maximum Gasteiger partial charge on any atom is 0.410 e. The van der Waals surface area contributed by atoms with Crippen molar-refractivity contribution in [3.8, 4) is 0 Å². The smallest absolute Gasteiger partial charge is 0.410 e. The Morgan fingerprint density at radius 1 is 1.35 bits per heavy atom. The summed E-state index contributed by atoms with van der Waals surface area (Å²) in [5.41, 5.74) is 2.61. The summed E-state index contributed by atoms with van der Waals surface area (Å²) in [6.45, 7) is 9.63. The summed E-state index contributed by atoms with van der Waals surface area (Å²) in [5, 5.41) is 0. The van der Waals surface area contributed by atoms with Crippen LogP contribution in [-0.2, 0) is 4.74 Å². The van der Waals surface area contributed by atoms with Crippen LogP contribution < -0.4 is 0 Å². The summed E-state index contributed by atoms with van der Waals surface area (Å²) in [4.78, 5) is 13.1. The first kappa shape index (κ1) is 15.8. The molecule has 0 saturated heterocycles. The maximum absolute atomic E-state index is 11.3. The van der Waals surface area contributed by atoms with E-state index in [-0.39, 0.29) is 6.09 Å². The fourth-order valence-electron chi connectivity index (χ4n) is 1.73. The van der Waals surface area contributed by atoms with Gasteiger partial charge in [-0.25, -0.2) is 4.79 Å². The van der Waals surface area contributed by atoms with E-state index < -0.39 is 0 Å². The van der Waals surface area contributed by atoms with Crippen molar-refractivity contribution >= 4 is 6.09 Å². The first-order chi connectivity index (χ1) is 8.22. The van der Waals surface area contributed by atoms with Crippen molar-refractivity contribution in [1.82, 2.24) is 4.90 Å². The van der Waals surface area contributed by atoms with E-state index in [9.17, 15) is 4.79 Å². The predicted octanol–water partition coefficient (Wildman–Crippen LogP) is 3.77. The highest BCUT2D eigenvalue weighted by Crippen LogP contribution is 2.21. The SMILES string of the molecule is CC.CC/C=C\C1=C(CC)CN(C(=O)OC)C1.